The van der Waals surface area contributed by atoms with Crippen LogP contribution in [0.1, 0.15) is 21.7 Å². The molecule has 92 valence electrons. The fourth-order valence-electron chi connectivity index (χ4n) is 0.938. The molecule has 0 aliphatic rings. The molecule has 0 fully saturated rings. The van der Waals surface area contributed by atoms with Crippen molar-refractivity contribution in [3.8, 4) is 0 Å². The normalized spacial score (nSPS) is 8.71. The summed E-state index contributed by atoms with van der Waals surface area (Å²) in [5, 5.41) is 2.97. The van der Waals surface area contributed by atoms with Crippen LogP contribution in [-0.4, -0.2) is 0 Å². The molecule has 17 heavy (non-hydrogen) atoms. The fraction of sp³-hybridized carbons (Fsp3) is 0.333. The first kappa shape index (κ1) is 23.1. The SMILES string of the molecule is Cc1[c-]c[pH]c1C.Cc1[c-]c[pH]c1C.[Cl-].[Cl-].[Zr+4]. The summed E-state index contributed by atoms with van der Waals surface area (Å²) in [6.45, 7) is 8.52. The maximum absolute atomic E-state index is 3.14. The van der Waals surface area contributed by atoms with E-state index in [1.54, 1.807) is 0 Å². The molecule has 0 amide bonds. The van der Waals surface area contributed by atoms with Crippen LogP contribution >= 0.6 is 16.4 Å². The van der Waals surface area contributed by atoms with E-state index in [1.165, 1.54) is 21.7 Å². The maximum Gasteiger partial charge on any atom is 4.00 e. The van der Waals surface area contributed by atoms with Crippen LogP contribution < -0.4 is 24.8 Å². The van der Waals surface area contributed by atoms with E-state index in [4.69, 9.17) is 0 Å². The summed E-state index contributed by atoms with van der Waals surface area (Å²) in [5.74, 6) is 4.20. The molecule has 5 heteroatoms. The van der Waals surface area contributed by atoms with Crippen molar-refractivity contribution in [2.45, 2.75) is 27.7 Å². The Labute approximate surface area is 139 Å². The van der Waals surface area contributed by atoms with Gasteiger partial charge in [0.1, 0.15) is 0 Å². The Bertz CT molecular complexity index is 325. The predicted octanol–water partition coefficient (Wildman–Crippen LogP) is -1.72. The van der Waals surface area contributed by atoms with Gasteiger partial charge in [0, 0.05) is 0 Å². The van der Waals surface area contributed by atoms with Crippen molar-refractivity contribution < 1.29 is 51.0 Å². The van der Waals surface area contributed by atoms with E-state index in [0.717, 1.165) is 16.4 Å². The minimum atomic E-state index is 0. The molecule has 2 unspecified atom stereocenters. The summed E-state index contributed by atoms with van der Waals surface area (Å²) in [7, 11) is 1.81. The largest absolute Gasteiger partial charge is 4.00 e. The molecule has 0 aliphatic carbocycles. The van der Waals surface area contributed by atoms with Gasteiger partial charge in [-0.1, -0.05) is 13.8 Å². The van der Waals surface area contributed by atoms with Gasteiger partial charge in [-0.3, -0.25) is 0 Å². The van der Waals surface area contributed by atoms with Crippen molar-refractivity contribution in [1.82, 2.24) is 0 Å². The molecule has 0 aliphatic heterocycles. The molecule has 0 N–H and O–H groups in total. The Kier molecular flexibility index (Phi) is 16.4. The van der Waals surface area contributed by atoms with Crippen molar-refractivity contribution >= 4 is 16.4 Å². The van der Waals surface area contributed by atoms with Crippen LogP contribution in [0.4, 0.5) is 0 Å². The second-order valence-electron chi connectivity index (χ2n) is 3.37. The third-order valence-corrected chi connectivity index (χ3v) is 4.47. The third kappa shape index (κ3) is 8.69. The zero-order valence-corrected chi connectivity index (χ0v) is 16.4. The van der Waals surface area contributed by atoms with Crippen LogP contribution in [0, 0.1) is 39.8 Å². The van der Waals surface area contributed by atoms with Crippen LogP contribution in [-0.2, 0) is 26.2 Å². The van der Waals surface area contributed by atoms with Crippen LogP contribution in [0.25, 0.3) is 0 Å². The first-order chi connectivity index (χ1) is 6.61. The summed E-state index contributed by atoms with van der Waals surface area (Å²) in [5.41, 5.74) is 2.66. The van der Waals surface area contributed by atoms with E-state index in [0.29, 0.717) is 0 Å². The third-order valence-electron chi connectivity index (χ3n) is 2.28. The van der Waals surface area contributed by atoms with Crippen molar-refractivity contribution in [1.29, 1.82) is 0 Å². The Morgan fingerprint density at radius 2 is 1.06 bits per heavy atom. The van der Waals surface area contributed by atoms with Gasteiger partial charge in [0.05, 0.1) is 0 Å². The van der Waals surface area contributed by atoms with Crippen LogP contribution in [0.15, 0.2) is 11.6 Å². The quantitative estimate of drug-likeness (QED) is 0.474. The number of aryl methyl sites for hydroxylation is 4. The topological polar surface area (TPSA) is 0 Å². The monoisotopic (exact) mass is 382 g/mol. The summed E-state index contributed by atoms with van der Waals surface area (Å²) >= 11 is 0. The predicted molar refractivity (Wildman–Crippen MR) is 68.5 cm³/mol. The molecule has 0 spiro atoms. The molecule has 0 bridgehead atoms. The number of rotatable bonds is 0. The van der Waals surface area contributed by atoms with Gasteiger partial charge in [-0.05, 0) is 0 Å². The van der Waals surface area contributed by atoms with Crippen molar-refractivity contribution in [3.63, 3.8) is 0 Å². The van der Waals surface area contributed by atoms with E-state index in [2.05, 4.69) is 51.4 Å². The molecule has 0 radical (unpaired) electrons. The minimum absolute atomic E-state index is 0. The Hall–Kier alpha value is 1.02. The maximum atomic E-state index is 3.14. The minimum Gasteiger partial charge on any atom is -1.00 e. The van der Waals surface area contributed by atoms with Gasteiger partial charge in [0.25, 0.3) is 0 Å². The zero-order chi connectivity index (χ0) is 10.6. The van der Waals surface area contributed by atoms with Crippen molar-refractivity contribution in [2.75, 3.05) is 0 Å². The summed E-state index contributed by atoms with van der Waals surface area (Å²) in [6.07, 6.45) is 0. The molecule has 0 saturated heterocycles. The summed E-state index contributed by atoms with van der Waals surface area (Å²) in [6, 6.07) is 6.27. The number of hydrogen-bond acceptors (Lipinski definition) is 0. The first-order valence-electron chi connectivity index (χ1n) is 4.65. The average molecular weight is 384 g/mol. The Morgan fingerprint density at radius 1 is 0.765 bits per heavy atom. The van der Waals surface area contributed by atoms with Crippen LogP contribution in [0.5, 0.6) is 0 Å². The van der Waals surface area contributed by atoms with E-state index < -0.39 is 0 Å². The molecule has 2 aromatic heterocycles. The smallest absolute Gasteiger partial charge is 1.00 e. The zero-order valence-electron chi connectivity index (χ0n) is 10.4. The van der Waals surface area contributed by atoms with Crippen molar-refractivity contribution in [3.05, 3.63) is 45.4 Å². The van der Waals surface area contributed by atoms with Gasteiger partial charge < -0.3 is 24.8 Å². The molecular weight excluding hydrogens is 368 g/mol. The Morgan fingerprint density at radius 3 is 1.12 bits per heavy atom. The van der Waals surface area contributed by atoms with E-state index in [9.17, 15) is 0 Å². The van der Waals surface area contributed by atoms with Crippen LogP contribution in [0.3, 0.4) is 0 Å². The van der Waals surface area contributed by atoms with Gasteiger partial charge in [-0.25, -0.2) is 39.6 Å². The van der Waals surface area contributed by atoms with E-state index in [1.807, 2.05) is 0 Å². The van der Waals surface area contributed by atoms with Gasteiger partial charge in [0.15, 0.2) is 0 Å². The summed E-state index contributed by atoms with van der Waals surface area (Å²) < 4.78 is 0. The molecule has 0 nitrogen and oxygen atoms in total. The van der Waals surface area contributed by atoms with Crippen LogP contribution in [0.2, 0.25) is 0 Å². The molecule has 0 aromatic carbocycles. The first-order valence-corrected chi connectivity index (χ1v) is 6.81. The fourth-order valence-corrected chi connectivity index (χ4v) is 2.53. The van der Waals surface area contributed by atoms with Gasteiger partial charge in [-0.15, -0.1) is 13.8 Å². The Balaban J connectivity index is -0.000000196. The molecule has 2 aromatic rings. The van der Waals surface area contributed by atoms with E-state index >= 15 is 0 Å². The molecule has 0 saturated carbocycles. The van der Waals surface area contributed by atoms with Gasteiger partial charge in [0.2, 0.25) is 0 Å². The molecule has 2 heterocycles. The second-order valence-corrected chi connectivity index (χ2v) is 6.02. The average Bonchev–Trinajstić information content (AvgIpc) is 2.67. The van der Waals surface area contributed by atoms with Crippen molar-refractivity contribution in [2.24, 2.45) is 0 Å². The standard InChI is InChI=1S/2C6H8P.2ClH.Zr/c2*1-5-3-4-7-6(5)2;;;/h2*4,7H,1-2H3;2*1H;/q2*-1;;;+4/p-2. The van der Waals surface area contributed by atoms with E-state index in [-0.39, 0.29) is 51.0 Å². The summed E-state index contributed by atoms with van der Waals surface area (Å²) in [4.78, 5) is 0. The molecule has 2 rings (SSSR count). The molecular formula is C12H16Cl2P2Zr. The second kappa shape index (κ2) is 12.1. The van der Waals surface area contributed by atoms with Gasteiger partial charge >= 0.3 is 26.2 Å². The number of hydrogen-bond donors (Lipinski definition) is 0. The number of halogens is 2. The van der Waals surface area contributed by atoms with Gasteiger partial charge in [-0.2, -0.15) is 22.2 Å². The molecule has 2 atom stereocenters.